The predicted octanol–water partition coefficient (Wildman–Crippen LogP) is 3.63. The van der Waals surface area contributed by atoms with Gasteiger partial charge in [-0.15, -0.1) is 0 Å². The molecule has 1 aromatic heterocycles. The quantitative estimate of drug-likeness (QED) is 0.617. The minimum Gasteiger partial charge on any atom is -0.448 e. The number of benzene rings is 1. The molecule has 1 N–H and O–H groups in total. The zero-order chi connectivity index (χ0) is 24.3. The van der Waals surface area contributed by atoms with Crippen molar-refractivity contribution in [2.75, 3.05) is 42.4 Å². The van der Waals surface area contributed by atoms with Gasteiger partial charge >= 0.3 is 6.09 Å². The van der Waals surface area contributed by atoms with Gasteiger partial charge in [-0.25, -0.2) is 9.78 Å². The highest BCUT2D eigenvalue weighted by Crippen LogP contribution is 2.37. The highest BCUT2D eigenvalue weighted by Gasteiger charge is 2.50. The van der Waals surface area contributed by atoms with Gasteiger partial charge < -0.3 is 14.5 Å². The van der Waals surface area contributed by atoms with Crippen LogP contribution in [0.2, 0.25) is 5.02 Å². The second-order valence-corrected chi connectivity index (χ2v) is 8.83. The molecule has 1 aromatic carbocycles. The lowest BCUT2D eigenvalue weighted by molar-refractivity contribution is -0.120. The van der Waals surface area contributed by atoms with E-state index in [0.717, 1.165) is 0 Å². The summed E-state index contributed by atoms with van der Waals surface area (Å²) in [7, 11) is 3.77. The van der Waals surface area contributed by atoms with Gasteiger partial charge in [-0.3, -0.25) is 15.0 Å². The topological polar surface area (TPSA) is 102 Å². The highest BCUT2D eigenvalue weighted by atomic mass is 35.5. The number of carbonyl (C=O) groups is 2. The first-order chi connectivity index (χ1) is 15.6. The number of rotatable bonds is 6. The minimum absolute atomic E-state index is 0.233. The van der Waals surface area contributed by atoms with Crippen LogP contribution in [0, 0.1) is 11.3 Å². The second kappa shape index (κ2) is 9.70. The van der Waals surface area contributed by atoms with Crippen molar-refractivity contribution in [3.05, 3.63) is 47.1 Å². The monoisotopic (exact) mass is 486 g/mol. The first-order valence-corrected chi connectivity index (χ1v) is 10.8. The molecule has 0 atom stereocenters. The molecule has 2 amide bonds. The van der Waals surface area contributed by atoms with Gasteiger partial charge in [0.1, 0.15) is 24.0 Å². The van der Waals surface area contributed by atoms with Crippen molar-refractivity contribution < 1.29 is 14.3 Å². The number of nitrogens with one attached hydrogen (secondary N) is 1. The number of nitriles is 1. The summed E-state index contributed by atoms with van der Waals surface area (Å²) < 4.78 is 5.10. The zero-order valence-corrected chi connectivity index (χ0v) is 20.2. The van der Waals surface area contributed by atoms with Gasteiger partial charge in [0.05, 0.1) is 28.2 Å². The Balaban J connectivity index is 1.79. The van der Waals surface area contributed by atoms with Crippen LogP contribution in [0.25, 0.3) is 0 Å². The van der Waals surface area contributed by atoms with Crippen molar-refractivity contribution in [2.24, 2.45) is 0 Å². The number of halogens is 1. The third kappa shape index (κ3) is 5.06. The fraction of sp³-hybridized carbons (Fsp3) is 0.318. The van der Waals surface area contributed by atoms with E-state index in [-0.39, 0.29) is 22.6 Å². The number of ether oxygens (including phenoxy) is 1. The van der Waals surface area contributed by atoms with Crippen LogP contribution in [-0.4, -0.2) is 59.8 Å². The van der Waals surface area contributed by atoms with Gasteiger partial charge in [-0.1, -0.05) is 11.6 Å². The Bertz CT molecular complexity index is 1130. The molecule has 0 saturated carbocycles. The predicted molar refractivity (Wildman–Crippen MR) is 131 cm³/mol. The van der Waals surface area contributed by atoms with Gasteiger partial charge in [-0.2, -0.15) is 5.26 Å². The number of likely N-dealkylation sites (N-methyl/N-ethyl adjacent to an activating group) is 1. The number of anilines is 3. The summed E-state index contributed by atoms with van der Waals surface area (Å²) in [6, 6.07) is 10.0. The maximum atomic E-state index is 13.2. The van der Waals surface area contributed by atoms with Crippen molar-refractivity contribution in [2.45, 2.75) is 19.4 Å². The van der Waals surface area contributed by atoms with Crippen LogP contribution in [0.1, 0.15) is 19.4 Å². The van der Waals surface area contributed by atoms with E-state index in [1.165, 1.54) is 17.2 Å². The number of amides is 2. The van der Waals surface area contributed by atoms with Crippen LogP contribution >= 0.6 is 23.8 Å². The summed E-state index contributed by atoms with van der Waals surface area (Å²) >= 11 is 11.8. The number of nitrogens with zero attached hydrogens (tertiary/aromatic N) is 5. The SMILES string of the molecule is CN(C)CCOC(=O)Nc1ccc(N2C(=S)N(c3ccc(C#N)c(Cl)c3)C(=O)C2(C)C)cn1. The molecule has 2 heterocycles. The zero-order valence-electron chi connectivity index (χ0n) is 18.6. The van der Waals surface area contributed by atoms with Crippen LogP contribution in [0.15, 0.2) is 36.5 Å². The fourth-order valence-corrected chi connectivity index (χ4v) is 3.98. The van der Waals surface area contributed by atoms with E-state index >= 15 is 0 Å². The third-order valence-electron chi connectivity index (χ3n) is 5.01. The summed E-state index contributed by atoms with van der Waals surface area (Å²) in [4.78, 5) is 34.4. The van der Waals surface area contributed by atoms with Gasteiger partial charge in [0, 0.05) is 6.54 Å². The number of pyridine rings is 1. The average Bonchev–Trinajstić information content (AvgIpc) is 2.92. The summed E-state index contributed by atoms with van der Waals surface area (Å²) in [5.74, 6) is 0.0542. The van der Waals surface area contributed by atoms with Crippen LogP contribution < -0.4 is 15.1 Å². The van der Waals surface area contributed by atoms with Gasteiger partial charge in [0.15, 0.2) is 5.11 Å². The maximum Gasteiger partial charge on any atom is 0.412 e. The van der Waals surface area contributed by atoms with Crippen molar-refractivity contribution in [3.8, 4) is 6.07 Å². The molecule has 9 nitrogen and oxygen atoms in total. The molecule has 33 heavy (non-hydrogen) atoms. The van der Waals surface area contributed by atoms with Gasteiger partial charge in [0.2, 0.25) is 0 Å². The molecule has 0 bridgehead atoms. The normalized spacial score (nSPS) is 15.1. The molecule has 0 unspecified atom stereocenters. The van der Waals surface area contributed by atoms with E-state index in [9.17, 15) is 9.59 Å². The van der Waals surface area contributed by atoms with E-state index in [0.29, 0.717) is 29.3 Å². The van der Waals surface area contributed by atoms with Crippen LogP contribution in [0.3, 0.4) is 0 Å². The van der Waals surface area contributed by atoms with E-state index in [1.807, 2.05) is 25.1 Å². The number of aromatic nitrogens is 1. The summed E-state index contributed by atoms with van der Waals surface area (Å²) in [5.41, 5.74) is 0.351. The number of thiocarbonyl (C=S) groups is 1. The largest absolute Gasteiger partial charge is 0.448 e. The lowest BCUT2D eigenvalue weighted by atomic mass is 10.0. The molecule has 3 rings (SSSR count). The summed E-state index contributed by atoms with van der Waals surface area (Å²) in [5, 5.41) is 12.1. The molecule has 1 fully saturated rings. The van der Waals surface area contributed by atoms with Crippen LogP contribution in [0.5, 0.6) is 0 Å². The number of hydrogen-bond acceptors (Lipinski definition) is 7. The molecule has 0 radical (unpaired) electrons. The fourth-order valence-electron chi connectivity index (χ4n) is 3.24. The first-order valence-electron chi connectivity index (χ1n) is 9.99. The molecule has 0 spiro atoms. The number of hydrogen-bond donors (Lipinski definition) is 1. The first kappa shape index (κ1) is 24.4. The summed E-state index contributed by atoms with van der Waals surface area (Å²) in [6.45, 7) is 4.36. The van der Waals surface area contributed by atoms with Crippen LogP contribution in [0.4, 0.5) is 22.0 Å². The van der Waals surface area contributed by atoms with Crippen molar-refractivity contribution in [1.29, 1.82) is 5.26 Å². The minimum atomic E-state index is -1.00. The Morgan fingerprint density at radius 3 is 2.58 bits per heavy atom. The van der Waals surface area contributed by atoms with E-state index in [1.54, 1.807) is 43.0 Å². The van der Waals surface area contributed by atoms with E-state index in [2.05, 4.69) is 10.3 Å². The van der Waals surface area contributed by atoms with Crippen molar-refractivity contribution >= 4 is 58.1 Å². The Morgan fingerprint density at radius 2 is 2.00 bits per heavy atom. The molecule has 1 aliphatic heterocycles. The molecule has 11 heteroatoms. The van der Waals surface area contributed by atoms with Crippen molar-refractivity contribution in [1.82, 2.24) is 9.88 Å². The summed E-state index contributed by atoms with van der Waals surface area (Å²) in [6.07, 6.45) is 0.916. The molecular weight excluding hydrogens is 464 g/mol. The number of carbonyl (C=O) groups excluding carboxylic acids is 2. The van der Waals surface area contributed by atoms with Crippen LogP contribution in [-0.2, 0) is 9.53 Å². The Hall–Kier alpha value is -3.26. The Labute approximate surface area is 202 Å². The van der Waals surface area contributed by atoms with E-state index in [4.69, 9.17) is 33.8 Å². The average molecular weight is 487 g/mol. The molecule has 1 saturated heterocycles. The Morgan fingerprint density at radius 1 is 1.30 bits per heavy atom. The Kier molecular flexibility index (Phi) is 7.17. The molecular formula is C22H23ClN6O3S. The highest BCUT2D eigenvalue weighted by molar-refractivity contribution is 7.81. The smallest absolute Gasteiger partial charge is 0.412 e. The lowest BCUT2D eigenvalue weighted by Gasteiger charge is -2.29. The molecule has 172 valence electrons. The lowest BCUT2D eigenvalue weighted by Crippen LogP contribution is -2.44. The van der Waals surface area contributed by atoms with Crippen molar-refractivity contribution in [3.63, 3.8) is 0 Å². The molecule has 0 aliphatic carbocycles. The van der Waals surface area contributed by atoms with E-state index < -0.39 is 11.6 Å². The second-order valence-electron chi connectivity index (χ2n) is 8.06. The van der Waals surface area contributed by atoms with Gasteiger partial charge in [-0.05, 0) is 70.5 Å². The maximum absolute atomic E-state index is 13.2. The van der Waals surface area contributed by atoms with Gasteiger partial charge in [0.25, 0.3) is 5.91 Å². The third-order valence-corrected chi connectivity index (χ3v) is 5.69. The standard InChI is InChI=1S/C22H23ClN6O3S/c1-22(2)19(30)28(15-6-5-14(12-24)17(23)11-15)21(33)29(22)16-7-8-18(25-13-16)26-20(31)32-10-9-27(3)4/h5-8,11,13H,9-10H2,1-4H3,(H,25,26,31). The molecule has 1 aliphatic rings. The molecule has 2 aromatic rings.